The Hall–Kier alpha value is -2.07. The Morgan fingerprint density at radius 2 is 1.94 bits per heavy atom. The van der Waals surface area contributed by atoms with Crippen LogP contribution in [0.1, 0.15) is 37.7 Å². The van der Waals surface area contributed by atoms with Crippen LogP contribution in [0.3, 0.4) is 0 Å². The lowest BCUT2D eigenvalue weighted by molar-refractivity contribution is -0.120. The maximum absolute atomic E-state index is 13.0. The Labute approximate surface area is 190 Å². The molecule has 1 atom stereocenters. The maximum atomic E-state index is 13.0. The summed E-state index contributed by atoms with van der Waals surface area (Å²) in [6.07, 6.45) is 12.4. The van der Waals surface area contributed by atoms with Crippen LogP contribution >= 0.6 is 11.8 Å². The Morgan fingerprint density at radius 1 is 1.26 bits per heavy atom. The van der Waals surface area contributed by atoms with Gasteiger partial charge in [0.1, 0.15) is 11.4 Å². The highest BCUT2D eigenvalue weighted by Gasteiger charge is 2.45. The number of allylic oxidation sites excluding steroid dienone is 2. The van der Waals surface area contributed by atoms with E-state index in [0.29, 0.717) is 0 Å². The minimum atomic E-state index is -0.340. The molecule has 1 aromatic carbocycles. The first-order chi connectivity index (χ1) is 15.0. The van der Waals surface area contributed by atoms with Crippen LogP contribution < -0.4 is 10.6 Å². The molecule has 1 heterocycles. The second kappa shape index (κ2) is 9.60. The summed E-state index contributed by atoms with van der Waals surface area (Å²) in [6.45, 7) is 6.13. The number of hydrogen-bond donors (Lipinski definition) is 2. The zero-order valence-electron chi connectivity index (χ0n) is 18.2. The lowest BCUT2D eigenvalue weighted by Crippen LogP contribution is -2.54. The predicted molar refractivity (Wildman–Crippen MR) is 127 cm³/mol. The van der Waals surface area contributed by atoms with Gasteiger partial charge in [-0.2, -0.15) is 5.26 Å². The third-order valence-corrected chi connectivity index (χ3v) is 8.20. The average molecular weight is 437 g/mol. The number of thioether (sulfide) groups is 1. The second-order valence-corrected chi connectivity index (χ2v) is 10.6. The van der Waals surface area contributed by atoms with Gasteiger partial charge >= 0.3 is 0 Å². The molecule has 0 spiro atoms. The number of hydrogen-bond acceptors (Lipinski definition) is 5. The van der Waals surface area contributed by atoms with Crippen molar-refractivity contribution in [2.45, 2.75) is 42.2 Å². The molecular weight excluding hydrogens is 404 g/mol. The molecule has 1 unspecified atom stereocenters. The van der Waals surface area contributed by atoms with Gasteiger partial charge in [-0.3, -0.25) is 9.69 Å². The normalized spacial score (nSPS) is 27.9. The van der Waals surface area contributed by atoms with E-state index in [0.717, 1.165) is 32.6 Å². The number of benzene rings is 1. The van der Waals surface area contributed by atoms with Crippen LogP contribution in [0.15, 0.2) is 54.6 Å². The highest BCUT2D eigenvalue weighted by Crippen LogP contribution is 2.52. The van der Waals surface area contributed by atoms with Gasteiger partial charge in [-0.1, -0.05) is 61.6 Å². The first-order valence-electron chi connectivity index (χ1n) is 11.3. The van der Waals surface area contributed by atoms with Crippen molar-refractivity contribution in [2.75, 3.05) is 32.7 Å². The predicted octanol–water partition coefficient (Wildman–Crippen LogP) is 3.43. The van der Waals surface area contributed by atoms with Crippen molar-refractivity contribution >= 4 is 17.7 Å². The standard InChI is InChI=1S/C25H32N4OS/c1-24(11-12-24)19-22(23(30)28-14-13-26)31-25(29-17-15-27-16-18-29)9-7-21(8-10-25)20-5-3-2-4-6-20/h2-10,21-22,27H,11-12,14-19H2,1H3,(H,28,30). The molecule has 6 heteroatoms. The first kappa shape index (κ1) is 22.1. The summed E-state index contributed by atoms with van der Waals surface area (Å²) in [5, 5.41) is 15.0. The Kier molecular flexibility index (Phi) is 6.86. The summed E-state index contributed by atoms with van der Waals surface area (Å²) >= 11 is 1.75. The highest BCUT2D eigenvalue weighted by atomic mass is 32.2. The van der Waals surface area contributed by atoms with Crippen LogP contribution in [0.25, 0.3) is 0 Å². The lowest BCUT2D eigenvalue weighted by Gasteiger charge is -2.45. The molecule has 1 aliphatic heterocycles. The molecule has 1 saturated carbocycles. The Morgan fingerprint density at radius 3 is 2.55 bits per heavy atom. The summed E-state index contributed by atoms with van der Waals surface area (Å²) < 4.78 is 0. The third-order valence-electron chi connectivity index (χ3n) is 6.63. The summed E-state index contributed by atoms with van der Waals surface area (Å²) in [6, 6.07) is 12.6. The first-order valence-corrected chi connectivity index (χ1v) is 12.1. The molecule has 1 amide bonds. The van der Waals surface area contributed by atoms with Gasteiger partial charge in [-0.05, 0) is 30.2 Å². The zero-order chi connectivity index (χ0) is 21.7. The molecule has 0 aromatic heterocycles. The fraction of sp³-hybridized carbons (Fsp3) is 0.520. The fourth-order valence-corrected chi connectivity index (χ4v) is 6.18. The largest absolute Gasteiger partial charge is 0.342 e. The number of rotatable bonds is 8. The minimum absolute atomic E-state index is 0.0128. The number of piperazine rings is 1. The van der Waals surface area contributed by atoms with Crippen LogP contribution in [0, 0.1) is 16.7 Å². The van der Waals surface area contributed by atoms with Crippen LogP contribution in [0.4, 0.5) is 0 Å². The van der Waals surface area contributed by atoms with Crippen molar-refractivity contribution in [2.24, 2.45) is 5.41 Å². The van der Waals surface area contributed by atoms with Crippen LogP contribution in [-0.4, -0.2) is 53.7 Å². The van der Waals surface area contributed by atoms with Gasteiger partial charge in [0.05, 0.1) is 11.3 Å². The van der Waals surface area contributed by atoms with Gasteiger partial charge in [0.15, 0.2) is 0 Å². The van der Waals surface area contributed by atoms with Gasteiger partial charge < -0.3 is 10.6 Å². The molecule has 1 saturated heterocycles. The van der Waals surface area contributed by atoms with E-state index in [9.17, 15) is 4.79 Å². The number of amides is 1. The van der Waals surface area contributed by atoms with E-state index in [2.05, 4.69) is 71.0 Å². The van der Waals surface area contributed by atoms with Gasteiger partial charge in [0.25, 0.3) is 0 Å². The van der Waals surface area contributed by atoms with Gasteiger partial charge in [-0.25, -0.2) is 0 Å². The van der Waals surface area contributed by atoms with Crippen molar-refractivity contribution in [3.8, 4) is 6.07 Å². The Bertz CT molecular complexity index is 851. The molecule has 164 valence electrons. The molecule has 2 aliphatic carbocycles. The van der Waals surface area contributed by atoms with Gasteiger partial charge in [-0.15, -0.1) is 11.8 Å². The zero-order valence-corrected chi connectivity index (χ0v) is 19.0. The molecule has 0 bridgehead atoms. The molecular formula is C25H32N4OS. The molecule has 2 N–H and O–H groups in total. The average Bonchev–Trinajstić information content (AvgIpc) is 3.55. The quantitative estimate of drug-likeness (QED) is 0.483. The van der Waals surface area contributed by atoms with E-state index in [1.807, 2.05) is 12.1 Å². The topological polar surface area (TPSA) is 68.2 Å². The monoisotopic (exact) mass is 436 g/mol. The second-order valence-electron chi connectivity index (χ2n) is 9.14. The number of carbonyl (C=O) groups excluding carboxylic acids is 1. The number of nitriles is 1. The molecule has 0 radical (unpaired) electrons. The highest BCUT2D eigenvalue weighted by molar-refractivity contribution is 8.02. The van der Waals surface area contributed by atoms with Gasteiger partial charge in [0.2, 0.25) is 5.91 Å². The van der Waals surface area contributed by atoms with Crippen molar-refractivity contribution < 1.29 is 4.79 Å². The van der Waals surface area contributed by atoms with E-state index < -0.39 is 0 Å². The van der Waals surface area contributed by atoms with Gasteiger partial charge in [0, 0.05) is 32.1 Å². The van der Waals surface area contributed by atoms with E-state index in [1.165, 1.54) is 18.4 Å². The number of nitrogens with one attached hydrogen (secondary N) is 2. The summed E-state index contributed by atoms with van der Waals surface area (Å²) in [4.78, 5) is 15.2. The summed E-state index contributed by atoms with van der Waals surface area (Å²) in [5.74, 6) is 0.242. The lowest BCUT2D eigenvalue weighted by atomic mass is 9.92. The molecule has 2 fully saturated rings. The van der Waals surface area contributed by atoms with E-state index >= 15 is 0 Å². The Balaban J connectivity index is 1.59. The molecule has 3 aliphatic rings. The molecule has 31 heavy (non-hydrogen) atoms. The molecule has 1 aromatic rings. The van der Waals surface area contributed by atoms with Crippen LogP contribution in [0.2, 0.25) is 0 Å². The smallest absolute Gasteiger partial charge is 0.234 e. The van der Waals surface area contributed by atoms with Crippen molar-refractivity contribution in [3.63, 3.8) is 0 Å². The van der Waals surface area contributed by atoms with Crippen LogP contribution in [-0.2, 0) is 4.79 Å². The maximum Gasteiger partial charge on any atom is 0.234 e. The van der Waals surface area contributed by atoms with E-state index in [1.54, 1.807) is 11.8 Å². The third kappa shape index (κ3) is 5.41. The van der Waals surface area contributed by atoms with E-state index in [4.69, 9.17) is 5.26 Å². The summed E-state index contributed by atoms with van der Waals surface area (Å²) in [7, 11) is 0. The van der Waals surface area contributed by atoms with Crippen molar-refractivity contribution in [3.05, 3.63) is 60.2 Å². The molecule has 5 nitrogen and oxygen atoms in total. The van der Waals surface area contributed by atoms with Crippen LogP contribution in [0.5, 0.6) is 0 Å². The van der Waals surface area contributed by atoms with Crippen molar-refractivity contribution in [1.82, 2.24) is 15.5 Å². The van der Waals surface area contributed by atoms with E-state index in [-0.39, 0.29) is 33.9 Å². The summed E-state index contributed by atoms with van der Waals surface area (Å²) in [5.41, 5.74) is 1.53. The SMILES string of the molecule is CC1(CC(SC2(N3CCNCC3)C=CC(c3ccccc3)C=C2)C(=O)NCC#N)CC1. The number of nitrogens with zero attached hydrogens (tertiary/aromatic N) is 2. The minimum Gasteiger partial charge on any atom is -0.342 e. The number of carbonyl (C=O) groups is 1. The van der Waals surface area contributed by atoms with Crippen molar-refractivity contribution in [1.29, 1.82) is 5.26 Å². The fourth-order valence-electron chi connectivity index (χ4n) is 4.40. The molecule has 4 rings (SSSR count).